The summed E-state index contributed by atoms with van der Waals surface area (Å²) in [6.07, 6.45) is 1.20. The Hall–Kier alpha value is -1.35. The number of piperidine rings is 1. The van der Waals surface area contributed by atoms with Crippen LogP contribution >= 0.6 is 11.3 Å². The lowest BCUT2D eigenvalue weighted by atomic mass is 10.1. The third-order valence-corrected chi connectivity index (χ3v) is 3.78. The molecular weight excluding hydrogens is 250 g/mol. The number of amides is 1. The van der Waals surface area contributed by atoms with Crippen molar-refractivity contribution in [3.8, 4) is 11.8 Å². The molecule has 2 rings (SSSR count). The molecule has 2 N–H and O–H groups in total. The molecule has 96 valence electrons. The molecule has 1 aromatic rings. The van der Waals surface area contributed by atoms with Crippen LogP contribution < -0.4 is 0 Å². The minimum Gasteiger partial charge on any atom is -0.391 e. The molecule has 0 saturated carbocycles. The quantitative estimate of drug-likeness (QED) is 0.734. The number of hydrogen-bond acceptors (Lipinski definition) is 4. The molecule has 1 amide bonds. The smallest absolute Gasteiger partial charge is 0.264 e. The molecule has 0 radical (unpaired) electrons. The topological polar surface area (TPSA) is 60.8 Å². The Bertz CT molecular complexity index is 486. The molecular formula is C13H15NO3S. The fourth-order valence-corrected chi connectivity index (χ4v) is 2.79. The van der Waals surface area contributed by atoms with E-state index in [0.717, 1.165) is 17.7 Å². The minimum atomic E-state index is -0.406. The predicted octanol–water partition coefficient (Wildman–Crippen LogP) is 0.689. The van der Waals surface area contributed by atoms with Gasteiger partial charge in [-0.15, -0.1) is 11.3 Å². The summed E-state index contributed by atoms with van der Waals surface area (Å²) in [6, 6.07) is 3.52. The van der Waals surface area contributed by atoms with Gasteiger partial charge in [0, 0.05) is 13.1 Å². The van der Waals surface area contributed by atoms with Crippen molar-refractivity contribution in [3.05, 3.63) is 21.9 Å². The molecule has 0 spiro atoms. The summed E-state index contributed by atoms with van der Waals surface area (Å²) >= 11 is 1.32. The highest BCUT2D eigenvalue weighted by Gasteiger charge is 2.23. The zero-order valence-corrected chi connectivity index (χ0v) is 10.7. The first-order valence-corrected chi connectivity index (χ1v) is 6.69. The number of β-amino-alcohol motifs (C(OH)–C–C–N with tert-alkyl or cyclic N) is 1. The molecule has 1 aliphatic heterocycles. The zero-order valence-electron chi connectivity index (χ0n) is 9.93. The van der Waals surface area contributed by atoms with Gasteiger partial charge in [-0.25, -0.2) is 0 Å². The van der Waals surface area contributed by atoms with E-state index in [2.05, 4.69) is 11.8 Å². The van der Waals surface area contributed by atoms with Crippen molar-refractivity contribution >= 4 is 17.2 Å². The molecule has 1 aromatic heterocycles. The van der Waals surface area contributed by atoms with Gasteiger partial charge in [0.1, 0.15) is 6.61 Å². The third kappa shape index (κ3) is 3.10. The Morgan fingerprint density at radius 1 is 1.56 bits per heavy atom. The van der Waals surface area contributed by atoms with E-state index in [9.17, 15) is 9.90 Å². The summed E-state index contributed by atoms with van der Waals surface area (Å²) < 4.78 is 0. The highest BCUT2D eigenvalue weighted by molar-refractivity contribution is 7.14. The maximum absolute atomic E-state index is 12.2. The highest BCUT2D eigenvalue weighted by Crippen LogP contribution is 2.20. The van der Waals surface area contributed by atoms with Crippen molar-refractivity contribution in [1.29, 1.82) is 0 Å². The predicted molar refractivity (Wildman–Crippen MR) is 69.4 cm³/mol. The average molecular weight is 265 g/mol. The summed E-state index contributed by atoms with van der Waals surface area (Å²) in [5, 5.41) is 18.2. The van der Waals surface area contributed by atoms with Gasteiger partial charge in [-0.05, 0) is 25.0 Å². The fourth-order valence-electron chi connectivity index (χ4n) is 1.94. The maximum atomic E-state index is 12.2. The molecule has 0 bridgehead atoms. The number of hydrogen-bond donors (Lipinski definition) is 2. The molecule has 5 heteroatoms. The van der Waals surface area contributed by atoms with E-state index in [1.165, 1.54) is 11.3 Å². The van der Waals surface area contributed by atoms with Crippen molar-refractivity contribution in [2.75, 3.05) is 19.7 Å². The van der Waals surface area contributed by atoms with Crippen LogP contribution in [0.5, 0.6) is 0 Å². The van der Waals surface area contributed by atoms with E-state index in [4.69, 9.17) is 5.11 Å². The Kier molecular flexibility index (Phi) is 4.37. The molecule has 1 atom stereocenters. The van der Waals surface area contributed by atoms with Gasteiger partial charge in [0.2, 0.25) is 0 Å². The number of thiophene rings is 1. The molecule has 4 nitrogen and oxygen atoms in total. The Morgan fingerprint density at radius 3 is 3.11 bits per heavy atom. The van der Waals surface area contributed by atoms with Crippen molar-refractivity contribution in [3.63, 3.8) is 0 Å². The number of aliphatic hydroxyl groups is 2. The maximum Gasteiger partial charge on any atom is 0.264 e. The summed E-state index contributed by atoms with van der Waals surface area (Å²) in [5.41, 5.74) is 0. The first-order chi connectivity index (χ1) is 8.70. The van der Waals surface area contributed by atoms with E-state index < -0.39 is 6.10 Å². The second-order valence-corrected chi connectivity index (χ2v) is 5.25. The van der Waals surface area contributed by atoms with E-state index >= 15 is 0 Å². The third-order valence-electron chi connectivity index (χ3n) is 2.79. The van der Waals surface area contributed by atoms with Crippen LogP contribution in [-0.4, -0.2) is 46.8 Å². The monoisotopic (exact) mass is 265 g/mol. The van der Waals surface area contributed by atoms with E-state index in [1.807, 2.05) is 0 Å². The SMILES string of the molecule is O=C(c1ccc(C#CCO)s1)N1CCCC(O)C1. The van der Waals surface area contributed by atoms with Crippen LogP contribution in [0.3, 0.4) is 0 Å². The Balaban J connectivity index is 2.06. The number of aliphatic hydroxyl groups excluding tert-OH is 2. The number of likely N-dealkylation sites (tertiary alicyclic amines) is 1. The molecule has 1 fully saturated rings. The second-order valence-electron chi connectivity index (χ2n) is 4.17. The molecule has 2 heterocycles. The van der Waals surface area contributed by atoms with Crippen molar-refractivity contribution in [2.24, 2.45) is 0 Å². The first-order valence-electron chi connectivity index (χ1n) is 5.87. The number of rotatable bonds is 1. The van der Waals surface area contributed by atoms with Gasteiger partial charge in [-0.1, -0.05) is 11.8 Å². The van der Waals surface area contributed by atoms with Crippen LogP contribution in [0.15, 0.2) is 12.1 Å². The van der Waals surface area contributed by atoms with Gasteiger partial charge in [0.05, 0.1) is 15.9 Å². The van der Waals surface area contributed by atoms with E-state index in [1.54, 1.807) is 17.0 Å². The van der Waals surface area contributed by atoms with Crippen LogP contribution in [0.1, 0.15) is 27.4 Å². The lowest BCUT2D eigenvalue weighted by molar-refractivity contribution is 0.0478. The largest absolute Gasteiger partial charge is 0.391 e. The van der Waals surface area contributed by atoms with Crippen molar-refractivity contribution < 1.29 is 15.0 Å². The number of carbonyl (C=O) groups is 1. The summed E-state index contributed by atoms with van der Waals surface area (Å²) in [7, 11) is 0. The fraction of sp³-hybridized carbons (Fsp3) is 0.462. The van der Waals surface area contributed by atoms with E-state index in [0.29, 0.717) is 18.0 Å². The van der Waals surface area contributed by atoms with Crippen LogP contribution in [0.2, 0.25) is 0 Å². The summed E-state index contributed by atoms with van der Waals surface area (Å²) in [5.74, 6) is 5.29. The van der Waals surface area contributed by atoms with Crippen LogP contribution in [0.25, 0.3) is 0 Å². The van der Waals surface area contributed by atoms with Gasteiger partial charge < -0.3 is 15.1 Å². The van der Waals surface area contributed by atoms with Gasteiger partial charge >= 0.3 is 0 Å². The standard InChI is InChI=1S/C13H15NO3S/c15-8-2-4-11-5-6-12(18-11)13(17)14-7-1-3-10(16)9-14/h5-6,10,15-16H,1,3,7-9H2. The molecule has 1 saturated heterocycles. The molecule has 0 aromatic carbocycles. The number of carbonyl (C=O) groups excluding carboxylic acids is 1. The summed E-state index contributed by atoms with van der Waals surface area (Å²) in [4.78, 5) is 15.2. The van der Waals surface area contributed by atoms with Gasteiger partial charge in [0.25, 0.3) is 5.91 Å². The second kappa shape index (κ2) is 6.01. The van der Waals surface area contributed by atoms with Gasteiger partial charge in [-0.3, -0.25) is 4.79 Å². The first kappa shape index (κ1) is 13.1. The molecule has 18 heavy (non-hydrogen) atoms. The molecule has 1 unspecified atom stereocenters. The normalized spacial score (nSPS) is 19.2. The average Bonchev–Trinajstić information content (AvgIpc) is 2.84. The van der Waals surface area contributed by atoms with Crippen LogP contribution in [0, 0.1) is 11.8 Å². The lowest BCUT2D eigenvalue weighted by Gasteiger charge is -2.29. The van der Waals surface area contributed by atoms with Crippen LogP contribution in [-0.2, 0) is 0 Å². The van der Waals surface area contributed by atoms with Gasteiger partial charge in [0.15, 0.2) is 0 Å². The molecule has 0 aliphatic carbocycles. The van der Waals surface area contributed by atoms with Crippen molar-refractivity contribution in [1.82, 2.24) is 4.90 Å². The highest BCUT2D eigenvalue weighted by atomic mass is 32.1. The van der Waals surface area contributed by atoms with E-state index in [-0.39, 0.29) is 12.5 Å². The van der Waals surface area contributed by atoms with Gasteiger partial charge in [-0.2, -0.15) is 0 Å². The Morgan fingerprint density at radius 2 is 2.39 bits per heavy atom. The zero-order chi connectivity index (χ0) is 13.0. The minimum absolute atomic E-state index is 0.0456. The lowest BCUT2D eigenvalue weighted by Crippen LogP contribution is -2.41. The number of nitrogens with zero attached hydrogens (tertiary/aromatic N) is 1. The summed E-state index contributed by atoms with van der Waals surface area (Å²) in [6.45, 7) is 0.930. The van der Waals surface area contributed by atoms with Crippen molar-refractivity contribution in [2.45, 2.75) is 18.9 Å². The molecule has 1 aliphatic rings. The Labute approximate surface area is 110 Å². The van der Waals surface area contributed by atoms with Crippen LogP contribution in [0.4, 0.5) is 0 Å².